The molecule has 0 aliphatic heterocycles. The number of benzene rings is 2. The highest BCUT2D eigenvalue weighted by atomic mass is 127. The Labute approximate surface area is 158 Å². The number of nitrogens with one attached hydrogen (secondary N) is 2. The van der Waals surface area contributed by atoms with Crippen LogP contribution in [0.1, 0.15) is 16.7 Å². The van der Waals surface area contributed by atoms with Gasteiger partial charge in [-0.1, -0.05) is 24.3 Å². The lowest BCUT2D eigenvalue weighted by molar-refractivity contribution is 0.615. The fourth-order valence-corrected chi connectivity index (χ4v) is 2.17. The van der Waals surface area contributed by atoms with Gasteiger partial charge in [0.15, 0.2) is 5.96 Å². The maximum atomic E-state index is 13.5. The first-order valence-electron chi connectivity index (χ1n) is 7.52. The van der Waals surface area contributed by atoms with Gasteiger partial charge in [0.1, 0.15) is 11.6 Å². The zero-order valence-electron chi connectivity index (χ0n) is 13.8. The fourth-order valence-electron chi connectivity index (χ4n) is 2.17. The van der Waals surface area contributed by atoms with Crippen molar-refractivity contribution in [3.8, 4) is 0 Å². The molecule has 2 aromatic carbocycles. The van der Waals surface area contributed by atoms with Crippen molar-refractivity contribution in [2.75, 3.05) is 13.6 Å². The van der Waals surface area contributed by atoms with E-state index in [-0.39, 0.29) is 35.6 Å². The van der Waals surface area contributed by atoms with E-state index < -0.39 is 0 Å². The minimum absolute atomic E-state index is 0. The summed E-state index contributed by atoms with van der Waals surface area (Å²) in [7, 11) is 1.67. The van der Waals surface area contributed by atoms with Gasteiger partial charge in [-0.3, -0.25) is 4.99 Å². The smallest absolute Gasteiger partial charge is 0.191 e. The number of rotatable bonds is 5. The normalized spacial score (nSPS) is 10.9. The molecule has 0 fully saturated rings. The molecule has 0 aliphatic carbocycles. The Bertz CT molecular complexity index is 690. The molecule has 0 saturated heterocycles. The number of hydrogen-bond donors (Lipinski definition) is 2. The number of nitrogens with zero attached hydrogens (tertiary/aromatic N) is 1. The van der Waals surface area contributed by atoms with E-state index >= 15 is 0 Å². The van der Waals surface area contributed by atoms with Crippen LogP contribution >= 0.6 is 24.0 Å². The van der Waals surface area contributed by atoms with E-state index in [1.807, 2.05) is 12.1 Å². The predicted molar refractivity (Wildman–Crippen MR) is 105 cm³/mol. The standard InChI is InChI=1S/C18H21F2N3.HI/c1-13-6-7-15(11-17(13)20)12-23-18(21-2)22-9-8-14-4-3-5-16(19)10-14;/h3-7,10-11H,8-9,12H2,1-2H3,(H2,21,22,23);1H. The van der Waals surface area contributed by atoms with Gasteiger partial charge in [0.25, 0.3) is 0 Å². The van der Waals surface area contributed by atoms with E-state index in [1.165, 1.54) is 18.2 Å². The molecule has 130 valence electrons. The minimum Gasteiger partial charge on any atom is -0.356 e. The van der Waals surface area contributed by atoms with Gasteiger partial charge in [0.2, 0.25) is 0 Å². The number of hydrogen-bond acceptors (Lipinski definition) is 1. The molecule has 2 rings (SSSR count). The van der Waals surface area contributed by atoms with Crippen LogP contribution in [0.3, 0.4) is 0 Å². The topological polar surface area (TPSA) is 36.4 Å². The molecule has 0 amide bonds. The third kappa shape index (κ3) is 6.43. The molecule has 2 N–H and O–H groups in total. The van der Waals surface area contributed by atoms with Crippen molar-refractivity contribution in [2.45, 2.75) is 19.9 Å². The van der Waals surface area contributed by atoms with Gasteiger partial charge >= 0.3 is 0 Å². The summed E-state index contributed by atoms with van der Waals surface area (Å²) in [5.74, 6) is 0.187. The number of guanidine groups is 1. The highest BCUT2D eigenvalue weighted by molar-refractivity contribution is 14.0. The highest BCUT2D eigenvalue weighted by Gasteiger charge is 2.02. The molecule has 0 heterocycles. The molecule has 0 aliphatic rings. The van der Waals surface area contributed by atoms with Gasteiger partial charge in [-0.05, 0) is 48.2 Å². The fraction of sp³-hybridized carbons (Fsp3) is 0.278. The van der Waals surface area contributed by atoms with Crippen LogP contribution in [0.15, 0.2) is 47.5 Å². The Morgan fingerprint density at radius 3 is 2.50 bits per heavy atom. The molecule has 24 heavy (non-hydrogen) atoms. The minimum atomic E-state index is -0.230. The largest absolute Gasteiger partial charge is 0.356 e. The molecule has 0 saturated carbocycles. The summed E-state index contributed by atoms with van der Waals surface area (Å²) in [4.78, 5) is 4.12. The lowest BCUT2D eigenvalue weighted by atomic mass is 10.1. The van der Waals surface area contributed by atoms with Gasteiger partial charge < -0.3 is 10.6 Å². The van der Waals surface area contributed by atoms with Crippen LogP contribution in [-0.2, 0) is 13.0 Å². The van der Waals surface area contributed by atoms with E-state index in [9.17, 15) is 8.78 Å². The Balaban J connectivity index is 0.00000288. The van der Waals surface area contributed by atoms with Crippen LogP contribution in [0.5, 0.6) is 0 Å². The summed E-state index contributed by atoms with van der Waals surface area (Å²) in [5.41, 5.74) is 2.40. The van der Waals surface area contributed by atoms with Gasteiger partial charge in [0, 0.05) is 20.1 Å². The molecule has 3 nitrogen and oxygen atoms in total. The lowest BCUT2D eigenvalue weighted by Gasteiger charge is -2.12. The van der Waals surface area contributed by atoms with Crippen molar-refractivity contribution < 1.29 is 8.78 Å². The van der Waals surface area contributed by atoms with Crippen molar-refractivity contribution in [3.63, 3.8) is 0 Å². The van der Waals surface area contributed by atoms with Crippen molar-refractivity contribution in [3.05, 3.63) is 70.8 Å². The zero-order chi connectivity index (χ0) is 16.7. The third-order valence-electron chi connectivity index (χ3n) is 3.51. The Morgan fingerprint density at radius 2 is 1.83 bits per heavy atom. The first-order chi connectivity index (χ1) is 11.1. The van der Waals surface area contributed by atoms with Crippen LogP contribution in [0, 0.1) is 18.6 Å². The van der Waals surface area contributed by atoms with Crippen LogP contribution in [0.25, 0.3) is 0 Å². The highest BCUT2D eigenvalue weighted by Crippen LogP contribution is 2.08. The Kier molecular flexibility index (Phi) is 8.67. The third-order valence-corrected chi connectivity index (χ3v) is 3.51. The molecular formula is C18H22F2IN3. The molecule has 0 unspecified atom stereocenters. The summed E-state index contributed by atoms with van der Waals surface area (Å²) in [6.07, 6.45) is 0.692. The molecule has 0 spiro atoms. The number of halogens is 3. The summed E-state index contributed by atoms with van der Waals surface area (Å²) in [5, 5.41) is 6.28. The van der Waals surface area contributed by atoms with E-state index in [4.69, 9.17) is 0 Å². The molecule has 0 bridgehead atoms. The molecule has 6 heteroatoms. The number of aryl methyl sites for hydroxylation is 1. The van der Waals surface area contributed by atoms with Gasteiger partial charge in [-0.25, -0.2) is 8.78 Å². The molecule has 0 aromatic heterocycles. The van der Waals surface area contributed by atoms with E-state index in [0.717, 1.165) is 11.1 Å². The summed E-state index contributed by atoms with van der Waals surface area (Å²) in [6.45, 7) is 2.85. The lowest BCUT2D eigenvalue weighted by Crippen LogP contribution is -2.37. The quantitative estimate of drug-likeness (QED) is 0.418. The zero-order valence-corrected chi connectivity index (χ0v) is 16.1. The van der Waals surface area contributed by atoms with E-state index in [2.05, 4.69) is 15.6 Å². The second-order valence-corrected chi connectivity index (χ2v) is 5.32. The maximum Gasteiger partial charge on any atom is 0.191 e. The molecule has 2 aromatic rings. The van der Waals surface area contributed by atoms with Gasteiger partial charge in [-0.15, -0.1) is 24.0 Å². The molecule has 0 atom stereocenters. The second-order valence-electron chi connectivity index (χ2n) is 5.32. The Hall–Kier alpha value is -1.70. The maximum absolute atomic E-state index is 13.5. The summed E-state index contributed by atoms with van der Waals surface area (Å²) < 4.78 is 26.6. The van der Waals surface area contributed by atoms with Crippen LogP contribution in [0.2, 0.25) is 0 Å². The van der Waals surface area contributed by atoms with Gasteiger partial charge in [0.05, 0.1) is 0 Å². The van der Waals surface area contributed by atoms with Crippen molar-refractivity contribution in [2.24, 2.45) is 4.99 Å². The van der Waals surface area contributed by atoms with Crippen LogP contribution in [-0.4, -0.2) is 19.6 Å². The van der Waals surface area contributed by atoms with Crippen molar-refractivity contribution >= 4 is 29.9 Å². The SMILES string of the molecule is CN=C(NCCc1cccc(F)c1)NCc1ccc(C)c(F)c1.I. The molecular weight excluding hydrogens is 423 g/mol. The van der Waals surface area contributed by atoms with Crippen molar-refractivity contribution in [1.82, 2.24) is 10.6 Å². The number of aliphatic imine (C=N–C) groups is 1. The summed E-state index contributed by atoms with van der Waals surface area (Å²) >= 11 is 0. The average Bonchev–Trinajstić information content (AvgIpc) is 2.54. The monoisotopic (exact) mass is 445 g/mol. The Morgan fingerprint density at radius 1 is 1.04 bits per heavy atom. The van der Waals surface area contributed by atoms with Crippen molar-refractivity contribution in [1.29, 1.82) is 0 Å². The van der Waals surface area contributed by atoms with Crippen LogP contribution < -0.4 is 10.6 Å². The summed E-state index contributed by atoms with van der Waals surface area (Å²) in [6, 6.07) is 11.7. The van der Waals surface area contributed by atoms with Gasteiger partial charge in [-0.2, -0.15) is 0 Å². The average molecular weight is 445 g/mol. The van der Waals surface area contributed by atoms with Crippen LogP contribution in [0.4, 0.5) is 8.78 Å². The first-order valence-corrected chi connectivity index (χ1v) is 7.52. The van der Waals surface area contributed by atoms with E-state index in [0.29, 0.717) is 31.0 Å². The first kappa shape index (κ1) is 20.3. The molecule has 0 radical (unpaired) electrons. The predicted octanol–water partition coefficient (Wildman–Crippen LogP) is 3.80. The van der Waals surface area contributed by atoms with E-state index in [1.54, 1.807) is 26.1 Å². The second kappa shape index (κ2) is 10.2.